The van der Waals surface area contributed by atoms with Crippen LogP contribution in [0.5, 0.6) is 0 Å². The number of hydrogen-bond donors (Lipinski definition) is 2. The van der Waals surface area contributed by atoms with Crippen molar-refractivity contribution in [2.75, 3.05) is 19.0 Å². The first-order chi connectivity index (χ1) is 14.4. The number of methoxy groups -OCH3 is 1. The van der Waals surface area contributed by atoms with E-state index in [1.165, 1.54) is 7.11 Å². The van der Waals surface area contributed by atoms with Crippen LogP contribution in [0.2, 0.25) is 0 Å². The average molecular weight is 414 g/mol. The normalized spacial score (nSPS) is 19.6. The van der Waals surface area contributed by atoms with Gasteiger partial charge in [0.15, 0.2) is 0 Å². The summed E-state index contributed by atoms with van der Waals surface area (Å²) in [4.78, 5) is 29.4. The van der Waals surface area contributed by atoms with Crippen LogP contribution in [0, 0.1) is 0 Å². The highest BCUT2D eigenvalue weighted by atomic mass is 16.5. The summed E-state index contributed by atoms with van der Waals surface area (Å²) in [6.07, 6.45) is 8.06. The quantitative estimate of drug-likeness (QED) is 0.677. The molecule has 162 valence electrons. The lowest BCUT2D eigenvalue weighted by Gasteiger charge is -2.40. The third-order valence-corrected chi connectivity index (χ3v) is 5.42. The zero-order chi connectivity index (χ0) is 21.7. The molecule has 2 atom stereocenters. The molecule has 2 unspecified atom stereocenters. The summed E-state index contributed by atoms with van der Waals surface area (Å²) in [5.41, 5.74) is 5.22. The van der Waals surface area contributed by atoms with Crippen molar-refractivity contribution in [3.8, 4) is 0 Å². The monoisotopic (exact) mass is 413 g/mol. The summed E-state index contributed by atoms with van der Waals surface area (Å²) < 4.78 is 6.97. The van der Waals surface area contributed by atoms with Gasteiger partial charge in [-0.2, -0.15) is 0 Å². The van der Waals surface area contributed by atoms with E-state index >= 15 is 0 Å². The molecule has 1 fully saturated rings. The Balaban J connectivity index is 1.75. The van der Waals surface area contributed by atoms with Crippen molar-refractivity contribution in [1.82, 2.24) is 20.0 Å². The summed E-state index contributed by atoms with van der Waals surface area (Å²) in [6, 6.07) is 5.12. The lowest BCUT2D eigenvalue weighted by molar-refractivity contribution is -0.122. The number of hydrogen-bond acceptors (Lipinski definition) is 6. The highest BCUT2D eigenvalue weighted by Gasteiger charge is 2.32. The molecular weight excluding hydrogens is 382 g/mol. The first-order valence-electron chi connectivity index (χ1n) is 10.5. The number of esters is 1. The van der Waals surface area contributed by atoms with Gasteiger partial charge in [-0.1, -0.05) is 26.8 Å². The van der Waals surface area contributed by atoms with Gasteiger partial charge in [0.05, 0.1) is 24.7 Å². The van der Waals surface area contributed by atoms with Crippen LogP contribution in [0.3, 0.4) is 0 Å². The Morgan fingerprint density at radius 3 is 2.77 bits per heavy atom. The van der Waals surface area contributed by atoms with E-state index in [4.69, 9.17) is 4.74 Å². The van der Waals surface area contributed by atoms with E-state index in [1.807, 2.05) is 12.3 Å². The second-order valence-electron chi connectivity index (χ2n) is 7.88. The number of imidazole rings is 1. The van der Waals surface area contributed by atoms with Gasteiger partial charge in [-0.3, -0.25) is 4.79 Å². The molecule has 0 bridgehead atoms. The molecule has 2 heterocycles. The van der Waals surface area contributed by atoms with Crippen molar-refractivity contribution in [3.63, 3.8) is 0 Å². The van der Waals surface area contributed by atoms with Crippen molar-refractivity contribution in [1.29, 1.82) is 0 Å². The van der Waals surface area contributed by atoms with Crippen LogP contribution in [0.25, 0.3) is 0 Å². The number of rotatable bonds is 7. The van der Waals surface area contributed by atoms with E-state index in [9.17, 15) is 9.59 Å². The minimum absolute atomic E-state index is 0.118. The van der Waals surface area contributed by atoms with Crippen LogP contribution in [-0.2, 0) is 9.53 Å². The second-order valence-corrected chi connectivity index (χ2v) is 7.88. The highest BCUT2D eigenvalue weighted by Crippen LogP contribution is 2.27. The van der Waals surface area contributed by atoms with Crippen molar-refractivity contribution < 1.29 is 14.3 Å². The van der Waals surface area contributed by atoms with Crippen LogP contribution >= 0.6 is 0 Å². The standard InChI is InChI=1S/C22H31N5O3/c1-5-11-27-20(26-12-10-23-14-26)9-8-19(25-27)21(28)24-18-7-6-16(15(2)3)13-17(18)22(29)30-4/h6-7,10,12-15,19-20,25H,5,8-9,11H2,1-4H3,(H,24,28). The molecular formula is C22H31N5O3. The number of benzene rings is 1. The summed E-state index contributed by atoms with van der Waals surface area (Å²) >= 11 is 0. The Morgan fingerprint density at radius 2 is 2.13 bits per heavy atom. The van der Waals surface area contributed by atoms with E-state index in [2.05, 4.69) is 46.1 Å². The topological polar surface area (TPSA) is 88.5 Å². The average Bonchev–Trinajstić information content (AvgIpc) is 3.28. The third-order valence-electron chi connectivity index (χ3n) is 5.42. The third kappa shape index (κ3) is 4.88. The fourth-order valence-corrected chi connectivity index (χ4v) is 3.75. The number of carbonyl (C=O) groups is 2. The van der Waals surface area contributed by atoms with E-state index in [-0.39, 0.29) is 24.0 Å². The van der Waals surface area contributed by atoms with E-state index in [1.54, 1.807) is 24.7 Å². The molecule has 0 spiro atoms. The van der Waals surface area contributed by atoms with Crippen molar-refractivity contribution in [2.45, 2.75) is 58.2 Å². The molecule has 0 radical (unpaired) electrons. The van der Waals surface area contributed by atoms with Gasteiger partial charge < -0.3 is 14.6 Å². The number of ether oxygens (including phenoxy) is 1. The van der Waals surface area contributed by atoms with Gasteiger partial charge in [0.25, 0.3) is 0 Å². The van der Waals surface area contributed by atoms with Gasteiger partial charge in [-0.05, 0) is 42.9 Å². The number of nitrogens with zero attached hydrogens (tertiary/aromatic N) is 3. The first-order valence-corrected chi connectivity index (χ1v) is 10.5. The van der Waals surface area contributed by atoms with Crippen LogP contribution < -0.4 is 10.7 Å². The molecule has 2 aromatic rings. The number of carbonyl (C=O) groups excluding carboxylic acids is 2. The largest absolute Gasteiger partial charge is 0.465 e. The number of hydrazine groups is 1. The zero-order valence-corrected chi connectivity index (χ0v) is 18.1. The number of aromatic nitrogens is 2. The summed E-state index contributed by atoms with van der Waals surface area (Å²) in [7, 11) is 1.34. The zero-order valence-electron chi connectivity index (χ0n) is 18.1. The summed E-state index contributed by atoms with van der Waals surface area (Å²) in [5.74, 6) is -0.360. The molecule has 3 rings (SSSR count). The first kappa shape index (κ1) is 22.0. The minimum atomic E-state index is -0.461. The highest BCUT2D eigenvalue weighted by molar-refractivity contribution is 6.02. The summed E-state index contributed by atoms with van der Waals surface area (Å²) in [5, 5.41) is 5.02. The van der Waals surface area contributed by atoms with Crippen molar-refractivity contribution >= 4 is 17.6 Å². The van der Waals surface area contributed by atoms with Gasteiger partial charge >= 0.3 is 5.97 Å². The Hall–Kier alpha value is -2.71. The van der Waals surface area contributed by atoms with Gasteiger partial charge in [-0.25, -0.2) is 20.2 Å². The minimum Gasteiger partial charge on any atom is -0.465 e. The van der Waals surface area contributed by atoms with E-state index in [0.29, 0.717) is 17.7 Å². The molecule has 0 saturated carbocycles. The molecule has 1 saturated heterocycles. The predicted molar refractivity (Wildman–Crippen MR) is 115 cm³/mol. The van der Waals surface area contributed by atoms with E-state index in [0.717, 1.165) is 24.9 Å². The van der Waals surface area contributed by atoms with Crippen molar-refractivity contribution in [2.24, 2.45) is 0 Å². The number of anilines is 1. The molecule has 30 heavy (non-hydrogen) atoms. The maximum Gasteiger partial charge on any atom is 0.339 e. The fourth-order valence-electron chi connectivity index (χ4n) is 3.75. The molecule has 1 aromatic carbocycles. The van der Waals surface area contributed by atoms with Gasteiger partial charge in [0.1, 0.15) is 12.2 Å². The van der Waals surface area contributed by atoms with Gasteiger partial charge in [0, 0.05) is 18.9 Å². The Bertz CT molecular complexity index is 866. The number of nitrogens with one attached hydrogen (secondary N) is 2. The molecule has 2 N–H and O–H groups in total. The Kier molecular flexibility index (Phi) is 7.23. The molecule has 1 aliphatic heterocycles. The lowest BCUT2D eigenvalue weighted by Crippen LogP contribution is -2.56. The molecule has 1 amide bonds. The van der Waals surface area contributed by atoms with E-state index < -0.39 is 5.97 Å². The maximum absolute atomic E-state index is 13.0. The summed E-state index contributed by atoms with van der Waals surface area (Å²) in [6.45, 7) is 7.03. The van der Waals surface area contributed by atoms with Gasteiger partial charge in [-0.15, -0.1) is 0 Å². The lowest BCUT2D eigenvalue weighted by atomic mass is 9.99. The van der Waals surface area contributed by atoms with Crippen LogP contribution in [0.1, 0.15) is 68.0 Å². The molecule has 1 aliphatic rings. The number of amides is 1. The Labute approximate surface area is 177 Å². The predicted octanol–water partition coefficient (Wildman–Crippen LogP) is 3.31. The van der Waals surface area contributed by atoms with Gasteiger partial charge in [0.2, 0.25) is 5.91 Å². The SMILES string of the molecule is CCCN1NC(C(=O)Nc2ccc(C(C)C)cc2C(=O)OC)CCC1n1ccnc1. The Morgan fingerprint density at radius 1 is 1.33 bits per heavy atom. The smallest absolute Gasteiger partial charge is 0.339 e. The molecule has 8 heteroatoms. The fraction of sp³-hybridized carbons (Fsp3) is 0.500. The van der Waals surface area contributed by atoms with Crippen LogP contribution in [0.15, 0.2) is 36.9 Å². The molecule has 0 aliphatic carbocycles. The maximum atomic E-state index is 13.0. The van der Waals surface area contributed by atoms with Crippen LogP contribution in [-0.4, -0.2) is 46.1 Å². The molecule has 8 nitrogen and oxygen atoms in total. The van der Waals surface area contributed by atoms with Crippen molar-refractivity contribution in [3.05, 3.63) is 48.0 Å². The van der Waals surface area contributed by atoms with Crippen LogP contribution in [0.4, 0.5) is 5.69 Å². The molecule has 1 aromatic heterocycles. The second kappa shape index (κ2) is 9.86.